The SMILES string of the molecule is CCCCCCCCCCCCOC(=O)c1ccc(Cl)c(NC(=O)C(Oc2ccc(N=Nc3c(SOO[O-])cc4cc(S(=O)(=O)[O-])cc(NC(C)=O)c4c3O)cc2)C(=O)c2ccc(OC)c(OC)c2)c1.[Na+].[Na+]. The smallest absolute Gasteiger partial charge is 0.744 e. The van der Waals surface area contributed by atoms with Crippen molar-refractivity contribution >= 4 is 90.9 Å². The van der Waals surface area contributed by atoms with Crippen LogP contribution in [0.3, 0.4) is 0 Å². The average Bonchev–Trinajstić information content (AvgIpc) is 3.33. The second-order valence-corrected chi connectivity index (χ2v) is 18.2. The molecule has 5 aromatic rings. The number of hydrogen-bond donors (Lipinski definition) is 3. The molecule has 0 aliphatic heterocycles. The van der Waals surface area contributed by atoms with Gasteiger partial charge in [-0.15, -0.1) is 5.11 Å². The molecule has 0 saturated carbocycles. The Hall–Kier alpha value is -4.33. The monoisotopic (exact) mass is 1070 g/mol. The number of phenols is 1. The molecule has 1 unspecified atom stereocenters. The number of rotatable bonds is 27. The molecule has 0 radical (unpaired) electrons. The summed E-state index contributed by atoms with van der Waals surface area (Å²) in [7, 11) is -2.25. The van der Waals surface area contributed by atoms with Crippen molar-refractivity contribution < 1.29 is 130 Å². The Morgan fingerprint density at radius 3 is 2.03 bits per heavy atom. The number of esters is 1. The zero-order valence-corrected chi connectivity index (χ0v) is 47.0. The van der Waals surface area contributed by atoms with E-state index in [9.17, 15) is 42.5 Å². The number of ketones is 1. The summed E-state index contributed by atoms with van der Waals surface area (Å²) in [5, 5.41) is 38.7. The van der Waals surface area contributed by atoms with Crippen LogP contribution in [-0.2, 0) is 33.8 Å². The van der Waals surface area contributed by atoms with E-state index in [4.69, 9.17) is 30.5 Å². The molecule has 0 saturated heterocycles. The van der Waals surface area contributed by atoms with Gasteiger partial charge >= 0.3 is 65.1 Å². The standard InChI is InChI=1S/C48H53ClN4O15S2.2Na/c1-5-6-7-8-9-10-11-12-13-14-23-65-48(58)31-15-21-36(49)37(25-31)51-47(57)46(44(55)30-16-22-39(63-3)40(26-30)64-4)66-34-19-17-33(18-20-34)52-53-43-41(69-68-67-59)27-32-24-35(70(60,61)62)28-38(50-29(2)54)42(32)45(43)56;;/h15-22,24-28,46,56,59H,5-14,23H2,1-4H3,(H,50,54)(H,51,57)(H,60,61,62);;/q;2*+1/p-2. The molecule has 1 atom stereocenters. The largest absolute Gasteiger partial charge is 1.00 e. The number of aromatic hydroxyl groups is 1. The molecule has 0 fully saturated rings. The van der Waals surface area contributed by atoms with E-state index in [1.165, 1.54) is 119 Å². The topological polar surface area (TPSA) is 273 Å². The van der Waals surface area contributed by atoms with Gasteiger partial charge < -0.3 is 44.5 Å². The second-order valence-electron chi connectivity index (χ2n) is 15.6. The van der Waals surface area contributed by atoms with Crippen molar-refractivity contribution in [2.75, 3.05) is 31.5 Å². The first-order valence-electron chi connectivity index (χ1n) is 22.0. The van der Waals surface area contributed by atoms with Crippen molar-refractivity contribution in [3.05, 3.63) is 95.0 Å². The minimum absolute atomic E-state index is 0. The third-order valence-corrected chi connectivity index (χ3v) is 12.3. The number of phenolic OH excluding ortho intramolecular Hbond substituents is 1. The molecular weight excluding hydrogens is 1020 g/mol. The first-order chi connectivity index (χ1) is 33.6. The molecule has 374 valence electrons. The van der Waals surface area contributed by atoms with Gasteiger partial charge in [-0.05, 0) is 90.7 Å². The molecule has 0 aliphatic carbocycles. The fourth-order valence-corrected chi connectivity index (χ4v) is 8.28. The van der Waals surface area contributed by atoms with Gasteiger partial charge in [0.1, 0.15) is 21.6 Å². The second kappa shape index (κ2) is 30.8. The number of anilines is 2. The fraction of sp³-hybridized carbons (Fsp3) is 0.333. The van der Waals surface area contributed by atoms with Crippen LogP contribution in [0.1, 0.15) is 98.8 Å². The number of carbonyl (C=O) groups excluding carboxylic acids is 4. The van der Waals surface area contributed by atoms with E-state index in [0.29, 0.717) is 12.2 Å². The number of nitrogens with one attached hydrogen (secondary N) is 2. The number of unbranched alkanes of at least 4 members (excludes halogenated alkanes) is 9. The van der Waals surface area contributed by atoms with Gasteiger partial charge in [-0.3, -0.25) is 19.4 Å². The van der Waals surface area contributed by atoms with Crippen molar-refractivity contribution in [2.45, 2.75) is 94.0 Å². The number of azo groups is 1. The Bertz CT molecular complexity index is 2810. The Morgan fingerprint density at radius 2 is 1.42 bits per heavy atom. The Balaban J connectivity index is 0.00000684. The van der Waals surface area contributed by atoms with Crippen molar-refractivity contribution in [2.24, 2.45) is 10.2 Å². The fourth-order valence-electron chi connectivity index (χ4n) is 7.09. The van der Waals surface area contributed by atoms with Crippen LogP contribution in [0.25, 0.3) is 10.8 Å². The van der Waals surface area contributed by atoms with Gasteiger partial charge in [-0.2, -0.15) is 9.45 Å². The number of carbonyl (C=O) groups is 4. The molecule has 0 heterocycles. The Labute approximate surface area is 470 Å². The van der Waals surface area contributed by atoms with Crippen molar-refractivity contribution in [3.63, 3.8) is 0 Å². The van der Waals surface area contributed by atoms with Crippen LogP contribution in [0.2, 0.25) is 5.02 Å². The number of nitrogens with zero attached hydrogens (tertiary/aromatic N) is 2. The van der Waals surface area contributed by atoms with Crippen molar-refractivity contribution in [1.29, 1.82) is 0 Å². The van der Waals surface area contributed by atoms with E-state index in [0.717, 1.165) is 38.3 Å². The number of amides is 2. The summed E-state index contributed by atoms with van der Waals surface area (Å²) < 4.78 is 62.4. The molecule has 0 bridgehead atoms. The van der Waals surface area contributed by atoms with Crippen LogP contribution in [0.5, 0.6) is 23.0 Å². The third kappa shape index (κ3) is 18.0. The zero-order valence-electron chi connectivity index (χ0n) is 40.6. The van der Waals surface area contributed by atoms with Gasteiger partial charge in [-0.1, -0.05) is 76.3 Å². The van der Waals surface area contributed by atoms with E-state index in [-0.39, 0.29) is 144 Å². The first-order valence-corrected chi connectivity index (χ1v) is 24.5. The van der Waals surface area contributed by atoms with E-state index >= 15 is 0 Å². The van der Waals surface area contributed by atoms with Crippen LogP contribution < -0.4 is 89.2 Å². The molecule has 0 aromatic heterocycles. The first kappa shape index (κ1) is 62.0. The van der Waals surface area contributed by atoms with Crippen molar-refractivity contribution in [1.82, 2.24) is 0 Å². The minimum atomic E-state index is -5.04. The summed E-state index contributed by atoms with van der Waals surface area (Å²) >= 11 is 6.75. The normalized spacial score (nSPS) is 11.5. The quantitative estimate of drug-likeness (QED) is 0.00639. The number of fused-ring (bicyclic) bond motifs is 1. The van der Waals surface area contributed by atoms with Crippen LogP contribution >= 0.6 is 23.6 Å². The average molecular weight is 1070 g/mol. The Morgan fingerprint density at radius 1 is 0.778 bits per heavy atom. The number of halogens is 1. The van der Waals surface area contributed by atoms with Crippen LogP contribution in [0.4, 0.5) is 22.7 Å². The number of ether oxygens (including phenoxy) is 4. The van der Waals surface area contributed by atoms with Crippen LogP contribution in [0, 0.1) is 0 Å². The van der Waals surface area contributed by atoms with Gasteiger partial charge in [0.2, 0.25) is 17.8 Å². The Kier molecular flexibility index (Phi) is 26.5. The molecule has 0 aliphatic rings. The predicted octanol–water partition coefficient (Wildman–Crippen LogP) is 4.08. The van der Waals surface area contributed by atoms with Gasteiger partial charge in [0.15, 0.2) is 17.2 Å². The number of benzene rings is 5. The van der Waals surface area contributed by atoms with E-state index < -0.39 is 50.4 Å². The van der Waals surface area contributed by atoms with E-state index in [2.05, 4.69) is 37.2 Å². The maximum absolute atomic E-state index is 14.1. The maximum atomic E-state index is 14.1. The summed E-state index contributed by atoms with van der Waals surface area (Å²) in [6.07, 6.45) is 9.38. The molecule has 2 amide bonds. The molecule has 5 rings (SSSR count). The summed E-state index contributed by atoms with van der Waals surface area (Å²) in [5.74, 6) is -3.18. The number of hydrogen-bond acceptors (Lipinski definition) is 18. The van der Waals surface area contributed by atoms with Crippen LogP contribution in [-0.4, -0.2) is 68.6 Å². The summed E-state index contributed by atoms with van der Waals surface area (Å²) in [5.41, 5.74) is -0.323. The summed E-state index contributed by atoms with van der Waals surface area (Å²) in [6, 6.07) is 17.0. The number of methoxy groups -OCH3 is 2. The van der Waals surface area contributed by atoms with Crippen molar-refractivity contribution in [3.8, 4) is 23.0 Å². The predicted molar refractivity (Wildman–Crippen MR) is 257 cm³/mol. The van der Waals surface area contributed by atoms with Crippen LogP contribution in [0.15, 0.2) is 98.9 Å². The van der Waals surface area contributed by atoms with E-state index in [1.807, 2.05) is 0 Å². The van der Waals surface area contributed by atoms with Gasteiger partial charge in [0, 0.05) is 17.9 Å². The third-order valence-electron chi connectivity index (χ3n) is 10.6. The molecule has 24 heteroatoms. The van der Waals surface area contributed by atoms with Gasteiger partial charge in [0.25, 0.3) is 5.91 Å². The maximum Gasteiger partial charge on any atom is 1.00 e. The molecule has 0 spiro atoms. The molecular formula is C48H51ClN4Na2O15S2. The molecule has 3 N–H and O–H groups in total. The molecule has 72 heavy (non-hydrogen) atoms. The molecule has 19 nitrogen and oxygen atoms in total. The molecule has 5 aromatic carbocycles. The minimum Gasteiger partial charge on any atom is -0.744 e. The summed E-state index contributed by atoms with van der Waals surface area (Å²) in [6.45, 7) is 3.53. The van der Waals surface area contributed by atoms with Gasteiger partial charge in [-0.25, -0.2) is 13.2 Å². The number of Topliss-reactive ketones (excluding diaryl/α,β-unsaturated/α-hetero) is 1. The van der Waals surface area contributed by atoms with Gasteiger partial charge in [0.05, 0.1) is 70.3 Å². The zero-order chi connectivity index (χ0) is 50.8. The summed E-state index contributed by atoms with van der Waals surface area (Å²) in [4.78, 5) is 52.4. The van der Waals surface area contributed by atoms with E-state index in [1.54, 1.807) is 0 Å².